The number of ether oxygens (including phenoxy) is 3. The number of methoxy groups -OCH3 is 2. The van der Waals surface area contributed by atoms with Gasteiger partial charge in [-0.2, -0.15) is 0 Å². The van der Waals surface area contributed by atoms with E-state index in [-0.39, 0.29) is 12.6 Å². The molecule has 0 aromatic heterocycles. The summed E-state index contributed by atoms with van der Waals surface area (Å²) in [4.78, 5) is 38.7. The van der Waals surface area contributed by atoms with Crippen molar-refractivity contribution in [2.75, 3.05) is 20.8 Å². The molecule has 0 aliphatic heterocycles. The highest BCUT2D eigenvalue weighted by molar-refractivity contribution is 6.28. The molecule has 1 atom stereocenters. The van der Waals surface area contributed by atoms with Crippen molar-refractivity contribution in [3.8, 4) is 0 Å². The summed E-state index contributed by atoms with van der Waals surface area (Å²) in [7, 11) is 2.51. The lowest BCUT2D eigenvalue weighted by Gasteiger charge is -2.15. The Morgan fingerprint density at radius 3 is 2.06 bits per heavy atom. The van der Waals surface area contributed by atoms with E-state index in [4.69, 9.17) is 14.2 Å². The molecule has 1 unspecified atom stereocenters. The quantitative estimate of drug-likeness (QED) is 0.217. The average Bonchev–Trinajstić information content (AvgIpc) is 3.68. The van der Waals surface area contributed by atoms with Gasteiger partial charge in [0.2, 0.25) is 5.41 Å². The van der Waals surface area contributed by atoms with Crippen LogP contribution in [0.1, 0.15) is 57.1 Å². The van der Waals surface area contributed by atoms with Crippen LogP contribution in [-0.2, 0) is 28.6 Å². The van der Waals surface area contributed by atoms with Gasteiger partial charge in [-0.05, 0) is 54.5 Å². The molecule has 2 aliphatic carbocycles. The molecule has 0 fully saturated rings. The third-order valence-corrected chi connectivity index (χ3v) is 6.25. The number of unbranched alkanes of at least 4 members (excludes halogenated alkanes) is 3. The summed E-state index contributed by atoms with van der Waals surface area (Å²) in [6, 6.07) is 7.60. The van der Waals surface area contributed by atoms with Gasteiger partial charge in [-0.3, -0.25) is 14.4 Å². The predicted octanol–water partition coefficient (Wildman–Crippen LogP) is 4.55. The van der Waals surface area contributed by atoms with Crippen LogP contribution in [0.25, 0.3) is 5.57 Å². The first-order valence-corrected chi connectivity index (χ1v) is 11.3. The fourth-order valence-corrected chi connectivity index (χ4v) is 4.58. The Morgan fingerprint density at radius 2 is 1.53 bits per heavy atom. The van der Waals surface area contributed by atoms with Gasteiger partial charge in [0, 0.05) is 0 Å². The standard InChI is InChI=1S/C26H32O6/c1-6-8-9-10-11-18-19(20(18)23(27)32-7-2)22-21(17-14-12-16(3)13-15-17)26(22,24(28)30-4)25(29)31-5/h12-15,20H,6-11H2,1-5H3. The van der Waals surface area contributed by atoms with Crippen molar-refractivity contribution in [1.29, 1.82) is 0 Å². The Kier molecular flexibility index (Phi) is 7.22. The van der Waals surface area contributed by atoms with E-state index in [1.807, 2.05) is 31.2 Å². The molecule has 0 heterocycles. The molecule has 32 heavy (non-hydrogen) atoms. The fourth-order valence-electron chi connectivity index (χ4n) is 4.58. The highest BCUT2D eigenvalue weighted by Gasteiger charge is 2.71. The summed E-state index contributed by atoms with van der Waals surface area (Å²) in [5.74, 6) is -2.23. The Balaban J connectivity index is 2.07. The number of hydrogen-bond donors (Lipinski definition) is 0. The number of esters is 3. The van der Waals surface area contributed by atoms with Crippen LogP contribution in [0.4, 0.5) is 0 Å². The molecule has 1 aromatic rings. The van der Waals surface area contributed by atoms with E-state index in [1.165, 1.54) is 14.2 Å². The first-order chi connectivity index (χ1) is 15.4. The lowest BCUT2D eigenvalue weighted by Crippen LogP contribution is -2.33. The maximum Gasteiger partial charge on any atom is 0.332 e. The highest BCUT2D eigenvalue weighted by Crippen LogP contribution is 2.69. The van der Waals surface area contributed by atoms with Crippen LogP contribution >= 0.6 is 0 Å². The van der Waals surface area contributed by atoms with Crippen molar-refractivity contribution < 1.29 is 28.6 Å². The van der Waals surface area contributed by atoms with Gasteiger partial charge in [0.25, 0.3) is 0 Å². The molecule has 3 rings (SSSR count). The maximum atomic E-state index is 13.0. The average molecular weight is 441 g/mol. The largest absolute Gasteiger partial charge is 0.468 e. The molecule has 0 saturated heterocycles. The second kappa shape index (κ2) is 9.72. The molecule has 172 valence electrons. The zero-order valence-electron chi connectivity index (χ0n) is 19.6. The third-order valence-electron chi connectivity index (χ3n) is 6.25. The van der Waals surface area contributed by atoms with E-state index in [0.717, 1.165) is 54.4 Å². The van der Waals surface area contributed by atoms with Gasteiger partial charge < -0.3 is 14.2 Å². The number of aryl methyl sites for hydroxylation is 1. The SMILES string of the molecule is CCCCCCC1=C(C2=C(c3ccc(C)cc3)C2(C(=O)OC)C(=O)OC)C1C(=O)OCC. The van der Waals surface area contributed by atoms with E-state index in [1.54, 1.807) is 6.92 Å². The van der Waals surface area contributed by atoms with E-state index in [9.17, 15) is 14.4 Å². The molecule has 0 bridgehead atoms. The topological polar surface area (TPSA) is 78.9 Å². The minimum absolute atomic E-state index is 0.273. The number of carbonyl (C=O) groups excluding carboxylic acids is 3. The minimum Gasteiger partial charge on any atom is -0.468 e. The van der Waals surface area contributed by atoms with Crippen LogP contribution in [0.5, 0.6) is 0 Å². The van der Waals surface area contributed by atoms with Crippen molar-refractivity contribution in [3.63, 3.8) is 0 Å². The van der Waals surface area contributed by atoms with Crippen LogP contribution in [0.3, 0.4) is 0 Å². The van der Waals surface area contributed by atoms with E-state index in [2.05, 4.69) is 6.92 Å². The normalized spacial score (nSPS) is 18.3. The Bertz CT molecular complexity index is 951. The molecular formula is C26H32O6. The summed E-state index contributed by atoms with van der Waals surface area (Å²) in [5.41, 5.74) is 2.97. The Labute approximate surface area is 189 Å². The molecular weight excluding hydrogens is 408 g/mol. The van der Waals surface area contributed by atoms with Crippen LogP contribution < -0.4 is 0 Å². The van der Waals surface area contributed by atoms with Crippen LogP contribution in [0.2, 0.25) is 0 Å². The molecule has 2 aliphatic rings. The number of benzene rings is 1. The smallest absolute Gasteiger partial charge is 0.332 e. The summed E-state index contributed by atoms with van der Waals surface area (Å²) < 4.78 is 15.4. The fraction of sp³-hybridized carbons (Fsp3) is 0.500. The second-order valence-corrected chi connectivity index (χ2v) is 8.28. The van der Waals surface area contributed by atoms with Crippen molar-refractivity contribution >= 4 is 23.5 Å². The summed E-state index contributed by atoms with van der Waals surface area (Å²) >= 11 is 0. The van der Waals surface area contributed by atoms with Gasteiger partial charge in [0.1, 0.15) is 5.92 Å². The van der Waals surface area contributed by atoms with E-state index < -0.39 is 23.3 Å². The summed E-state index contributed by atoms with van der Waals surface area (Å²) in [6.45, 7) is 6.15. The first kappa shape index (κ1) is 23.8. The van der Waals surface area contributed by atoms with Gasteiger partial charge in [-0.25, -0.2) is 0 Å². The van der Waals surface area contributed by atoms with Gasteiger partial charge in [0.05, 0.1) is 20.8 Å². The zero-order chi connectivity index (χ0) is 23.5. The van der Waals surface area contributed by atoms with E-state index >= 15 is 0 Å². The van der Waals surface area contributed by atoms with Gasteiger partial charge in [0.15, 0.2) is 0 Å². The molecule has 0 saturated carbocycles. The minimum atomic E-state index is -1.63. The molecule has 6 heteroatoms. The Hall–Kier alpha value is -2.89. The number of rotatable bonds is 11. The summed E-state index contributed by atoms with van der Waals surface area (Å²) in [5, 5.41) is 0. The van der Waals surface area contributed by atoms with E-state index in [0.29, 0.717) is 11.1 Å². The Morgan fingerprint density at radius 1 is 0.906 bits per heavy atom. The van der Waals surface area contributed by atoms with Gasteiger partial charge in [-0.15, -0.1) is 0 Å². The molecule has 0 N–H and O–H groups in total. The van der Waals surface area contributed by atoms with Crippen molar-refractivity contribution in [1.82, 2.24) is 0 Å². The summed E-state index contributed by atoms with van der Waals surface area (Å²) in [6.07, 6.45) is 4.98. The van der Waals surface area contributed by atoms with Crippen molar-refractivity contribution in [3.05, 3.63) is 52.1 Å². The second-order valence-electron chi connectivity index (χ2n) is 8.28. The molecule has 0 amide bonds. The number of carbonyl (C=O) groups is 3. The van der Waals surface area contributed by atoms with Crippen LogP contribution in [-0.4, -0.2) is 38.7 Å². The van der Waals surface area contributed by atoms with Crippen LogP contribution in [0, 0.1) is 18.3 Å². The van der Waals surface area contributed by atoms with Crippen molar-refractivity contribution in [2.24, 2.45) is 11.3 Å². The molecule has 0 spiro atoms. The highest BCUT2D eigenvalue weighted by atomic mass is 16.5. The molecule has 1 aromatic carbocycles. The predicted molar refractivity (Wildman–Crippen MR) is 120 cm³/mol. The molecule has 0 radical (unpaired) electrons. The maximum absolute atomic E-state index is 13.0. The van der Waals surface area contributed by atoms with Crippen molar-refractivity contribution in [2.45, 2.75) is 52.9 Å². The first-order valence-electron chi connectivity index (χ1n) is 11.3. The molecule has 6 nitrogen and oxygen atoms in total. The lowest BCUT2D eigenvalue weighted by molar-refractivity contribution is -0.159. The monoisotopic (exact) mass is 440 g/mol. The van der Waals surface area contributed by atoms with Gasteiger partial charge >= 0.3 is 17.9 Å². The lowest BCUT2D eigenvalue weighted by atomic mass is 9.93. The number of hydrogen-bond acceptors (Lipinski definition) is 6. The van der Waals surface area contributed by atoms with Crippen LogP contribution in [0.15, 0.2) is 41.0 Å². The zero-order valence-corrected chi connectivity index (χ0v) is 19.6. The third kappa shape index (κ3) is 3.98. The van der Waals surface area contributed by atoms with Gasteiger partial charge in [-0.1, -0.05) is 56.0 Å².